The maximum Gasteiger partial charge on any atom is 0.265 e. The average Bonchev–Trinajstić information content (AvgIpc) is 2.48. The number of benzene rings is 2. The normalized spacial score (nSPS) is 11.7. The Balaban J connectivity index is 2.05. The van der Waals surface area contributed by atoms with E-state index in [-0.39, 0.29) is 5.91 Å². The van der Waals surface area contributed by atoms with Crippen LogP contribution in [0.5, 0.6) is 5.75 Å². The molecule has 2 aromatic carbocycles. The Kier molecular flexibility index (Phi) is 4.82. The number of nitrogen functional groups attached to an aromatic ring is 1. The Hall–Kier alpha value is -2.49. The van der Waals surface area contributed by atoms with E-state index >= 15 is 0 Å². The van der Waals surface area contributed by atoms with E-state index in [0.29, 0.717) is 17.8 Å². The number of aryl methyl sites for hydroxylation is 1. The van der Waals surface area contributed by atoms with E-state index in [1.165, 1.54) is 0 Å². The predicted molar refractivity (Wildman–Crippen MR) is 85.4 cm³/mol. The Bertz CT molecular complexity index is 608. The summed E-state index contributed by atoms with van der Waals surface area (Å²) in [6.45, 7) is 3.88. The first-order valence-electron chi connectivity index (χ1n) is 6.99. The largest absolute Gasteiger partial charge is 0.480 e. The molecule has 0 aliphatic heterocycles. The second kappa shape index (κ2) is 6.79. The van der Waals surface area contributed by atoms with Gasteiger partial charge in [-0.05, 0) is 49.2 Å². The maximum atomic E-state index is 12.3. The minimum absolute atomic E-state index is 0.162. The lowest BCUT2D eigenvalue weighted by Gasteiger charge is -2.18. The summed E-state index contributed by atoms with van der Waals surface area (Å²) in [4.78, 5) is 12.3. The van der Waals surface area contributed by atoms with Crippen LogP contribution in [0, 0.1) is 6.92 Å². The number of hydrogen-bond acceptors (Lipinski definition) is 3. The molecule has 2 aromatic rings. The molecule has 0 aromatic heterocycles. The van der Waals surface area contributed by atoms with Gasteiger partial charge in [-0.15, -0.1) is 0 Å². The number of nitrogens with two attached hydrogens (primary N) is 1. The van der Waals surface area contributed by atoms with Crippen LogP contribution in [-0.4, -0.2) is 12.0 Å². The molecule has 0 bridgehead atoms. The van der Waals surface area contributed by atoms with E-state index in [1.54, 1.807) is 24.3 Å². The van der Waals surface area contributed by atoms with Crippen molar-refractivity contribution in [2.24, 2.45) is 0 Å². The summed E-state index contributed by atoms with van der Waals surface area (Å²) in [5, 5.41) is 2.84. The third-order valence-corrected chi connectivity index (χ3v) is 3.20. The van der Waals surface area contributed by atoms with Gasteiger partial charge in [0.15, 0.2) is 6.10 Å². The Labute approximate surface area is 124 Å². The molecule has 0 spiro atoms. The topological polar surface area (TPSA) is 64.3 Å². The van der Waals surface area contributed by atoms with Gasteiger partial charge in [-0.25, -0.2) is 0 Å². The van der Waals surface area contributed by atoms with Crippen molar-refractivity contribution in [2.45, 2.75) is 26.4 Å². The highest BCUT2D eigenvalue weighted by atomic mass is 16.5. The zero-order valence-corrected chi connectivity index (χ0v) is 12.3. The van der Waals surface area contributed by atoms with Crippen molar-refractivity contribution in [3.63, 3.8) is 0 Å². The van der Waals surface area contributed by atoms with Crippen molar-refractivity contribution in [3.05, 3.63) is 54.1 Å². The van der Waals surface area contributed by atoms with E-state index in [0.717, 1.165) is 11.3 Å². The zero-order valence-electron chi connectivity index (χ0n) is 12.3. The molecular weight excluding hydrogens is 264 g/mol. The first-order chi connectivity index (χ1) is 10.1. The van der Waals surface area contributed by atoms with Gasteiger partial charge < -0.3 is 15.8 Å². The number of ether oxygens (including phenoxy) is 1. The minimum atomic E-state index is -0.524. The van der Waals surface area contributed by atoms with Crippen LogP contribution in [0.25, 0.3) is 0 Å². The first-order valence-corrected chi connectivity index (χ1v) is 6.99. The Morgan fingerprint density at radius 1 is 1.19 bits per heavy atom. The molecule has 0 aliphatic rings. The van der Waals surface area contributed by atoms with Crippen LogP contribution < -0.4 is 15.8 Å². The Morgan fingerprint density at radius 2 is 1.86 bits per heavy atom. The highest BCUT2D eigenvalue weighted by Gasteiger charge is 2.19. The van der Waals surface area contributed by atoms with Crippen LogP contribution in [0.4, 0.5) is 11.4 Å². The molecule has 1 amide bonds. The number of para-hydroxylation sites is 1. The second-order valence-electron chi connectivity index (χ2n) is 4.89. The minimum Gasteiger partial charge on any atom is -0.480 e. The fourth-order valence-corrected chi connectivity index (χ4v) is 1.95. The van der Waals surface area contributed by atoms with Gasteiger partial charge in [0.25, 0.3) is 5.91 Å². The second-order valence-corrected chi connectivity index (χ2v) is 4.89. The molecule has 0 saturated heterocycles. The summed E-state index contributed by atoms with van der Waals surface area (Å²) < 4.78 is 5.82. The molecule has 0 radical (unpaired) electrons. The summed E-state index contributed by atoms with van der Waals surface area (Å²) in [7, 11) is 0. The van der Waals surface area contributed by atoms with Crippen molar-refractivity contribution in [2.75, 3.05) is 11.1 Å². The van der Waals surface area contributed by atoms with E-state index in [9.17, 15) is 4.79 Å². The van der Waals surface area contributed by atoms with Gasteiger partial charge in [0.1, 0.15) is 5.75 Å². The number of nitrogens with one attached hydrogen (secondary N) is 1. The van der Waals surface area contributed by atoms with Gasteiger partial charge in [0, 0.05) is 11.4 Å². The van der Waals surface area contributed by atoms with E-state index in [1.807, 2.05) is 38.1 Å². The van der Waals surface area contributed by atoms with E-state index in [4.69, 9.17) is 10.5 Å². The highest BCUT2D eigenvalue weighted by Crippen LogP contribution is 2.19. The van der Waals surface area contributed by atoms with Crippen molar-refractivity contribution in [1.82, 2.24) is 0 Å². The van der Waals surface area contributed by atoms with Gasteiger partial charge in [0.05, 0.1) is 0 Å². The van der Waals surface area contributed by atoms with Gasteiger partial charge in [-0.1, -0.05) is 25.1 Å². The van der Waals surface area contributed by atoms with Crippen molar-refractivity contribution in [3.8, 4) is 5.75 Å². The standard InChI is InChI=1S/C17H20N2O2/c1-3-15(21-16-7-5-4-6-12(16)2)17(20)19-14-10-8-13(18)9-11-14/h4-11,15H,3,18H2,1-2H3,(H,19,20)/t15-/m1/s1. The lowest BCUT2D eigenvalue weighted by atomic mass is 10.2. The molecule has 0 aliphatic carbocycles. The number of hydrogen-bond donors (Lipinski definition) is 2. The third kappa shape index (κ3) is 3.99. The fraction of sp³-hybridized carbons (Fsp3) is 0.235. The average molecular weight is 284 g/mol. The molecule has 2 rings (SSSR count). The number of rotatable bonds is 5. The molecule has 0 unspecified atom stereocenters. The number of carbonyl (C=O) groups excluding carboxylic acids is 1. The number of anilines is 2. The van der Waals surface area contributed by atoms with Gasteiger partial charge in [0.2, 0.25) is 0 Å². The molecule has 0 saturated carbocycles. The van der Waals surface area contributed by atoms with Gasteiger partial charge in [-0.2, -0.15) is 0 Å². The van der Waals surface area contributed by atoms with Crippen LogP contribution in [0.15, 0.2) is 48.5 Å². The summed E-state index contributed by atoms with van der Waals surface area (Å²) in [5.74, 6) is 0.572. The molecule has 4 nitrogen and oxygen atoms in total. The molecule has 4 heteroatoms. The van der Waals surface area contributed by atoms with Gasteiger partial charge >= 0.3 is 0 Å². The lowest BCUT2D eigenvalue weighted by molar-refractivity contribution is -0.122. The molecule has 21 heavy (non-hydrogen) atoms. The summed E-state index contributed by atoms with van der Waals surface area (Å²) in [5.41, 5.74) is 8.01. The predicted octanol–water partition coefficient (Wildman–Crippen LogP) is 3.37. The monoisotopic (exact) mass is 284 g/mol. The van der Waals surface area contributed by atoms with Crippen molar-refractivity contribution in [1.29, 1.82) is 0 Å². The molecule has 1 atom stereocenters. The lowest BCUT2D eigenvalue weighted by Crippen LogP contribution is -2.32. The quantitative estimate of drug-likeness (QED) is 0.827. The first kappa shape index (κ1) is 14.9. The van der Waals surface area contributed by atoms with Crippen LogP contribution in [0.1, 0.15) is 18.9 Å². The van der Waals surface area contributed by atoms with Crippen LogP contribution in [0.2, 0.25) is 0 Å². The highest BCUT2D eigenvalue weighted by molar-refractivity contribution is 5.94. The fourth-order valence-electron chi connectivity index (χ4n) is 1.95. The van der Waals surface area contributed by atoms with Crippen LogP contribution >= 0.6 is 0 Å². The maximum absolute atomic E-state index is 12.3. The van der Waals surface area contributed by atoms with Gasteiger partial charge in [-0.3, -0.25) is 4.79 Å². The summed E-state index contributed by atoms with van der Waals surface area (Å²) >= 11 is 0. The zero-order chi connectivity index (χ0) is 15.2. The Morgan fingerprint density at radius 3 is 2.48 bits per heavy atom. The van der Waals surface area contributed by atoms with Crippen molar-refractivity contribution < 1.29 is 9.53 Å². The smallest absolute Gasteiger partial charge is 0.265 e. The molecule has 0 heterocycles. The van der Waals surface area contributed by atoms with E-state index in [2.05, 4.69) is 5.32 Å². The summed E-state index contributed by atoms with van der Waals surface area (Å²) in [6, 6.07) is 14.7. The number of amides is 1. The van der Waals surface area contributed by atoms with Crippen LogP contribution in [0.3, 0.4) is 0 Å². The molecular formula is C17H20N2O2. The molecule has 3 N–H and O–H groups in total. The van der Waals surface area contributed by atoms with Crippen LogP contribution in [-0.2, 0) is 4.79 Å². The summed E-state index contributed by atoms with van der Waals surface area (Å²) in [6.07, 6.45) is 0.0680. The van der Waals surface area contributed by atoms with E-state index < -0.39 is 6.10 Å². The van der Waals surface area contributed by atoms with Crippen molar-refractivity contribution >= 4 is 17.3 Å². The molecule has 110 valence electrons. The number of carbonyl (C=O) groups is 1. The SMILES string of the molecule is CC[C@@H](Oc1ccccc1C)C(=O)Nc1ccc(N)cc1. The molecule has 0 fully saturated rings. The third-order valence-electron chi connectivity index (χ3n) is 3.20.